The first-order valence-corrected chi connectivity index (χ1v) is 9.87. The second-order valence-electron chi connectivity index (χ2n) is 6.40. The summed E-state index contributed by atoms with van der Waals surface area (Å²) in [6, 6.07) is 24.4. The van der Waals surface area contributed by atoms with Gasteiger partial charge in [-0.15, -0.1) is 0 Å². The molecule has 6 nitrogen and oxygen atoms in total. The lowest BCUT2D eigenvalue weighted by molar-refractivity contribution is 0.427. The predicted molar refractivity (Wildman–Crippen MR) is 121 cm³/mol. The molecule has 0 saturated heterocycles. The second kappa shape index (κ2) is 8.34. The lowest BCUT2D eigenvalue weighted by Gasteiger charge is -2.14. The molecule has 1 heterocycles. The van der Waals surface area contributed by atoms with Crippen LogP contribution in [0.5, 0.6) is 5.88 Å². The number of halogens is 1. The van der Waals surface area contributed by atoms with Crippen LogP contribution in [0.15, 0.2) is 104 Å². The van der Waals surface area contributed by atoms with Gasteiger partial charge in [-0.2, -0.15) is 0 Å². The van der Waals surface area contributed by atoms with Crippen LogP contribution in [0.25, 0.3) is 11.4 Å². The highest BCUT2D eigenvalue weighted by molar-refractivity contribution is 9.10. The van der Waals surface area contributed by atoms with E-state index >= 15 is 0 Å². The Morgan fingerprint density at radius 1 is 0.767 bits per heavy atom. The second-order valence-corrected chi connectivity index (χ2v) is 7.32. The summed E-state index contributed by atoms with van der Waals surface area (Å²) in [6.45, 7) is 0. The van der Waals surface area contributed by atoms with Gasteiger partial charge in [0.15, 0.2) is 0 Å². The van der Waals surface area contributed by atoms with Gasteiger partial charge in [0.1, 0.15) is 5.56 Å². The maximum Gasteiger partial charge on any atom is 0.343 e. The lowest BCUT2D eigenvalue weighted by atomic mass is 10.2. The smallest absolute Gasteiger partial charge is 0.343 e. The monoisotopic (exact) mass is 461 g/mol. The third kappa shape index (κ3) is 3.75. The minimum absolute atomic E-state index is 0.0924. The van der Waals surface area contributed by atoms with Crippen LogP contribution in [0, 0.1) is 0 Å². The number of nitrogens with zero attached hydrogens (tertiary/aromatic N) is 3. The first-order chi connectivity index (χ1) is 14.6. The summed E-state index contributed by atoms with van der Waals surface area (Å²) in [7, 11) is 0. The summed E-state index contributed by atoms with van der Waals surface area (Å²) in [6.07, 6.45) is 1.28. The van der Waals surface area contributed by atoms with E-state index in [2.05, 4.69) is 20.9 Å². The Hall–Kier alpha value is -3.71. The summed E-state index contributed by atoms with van der Waals surface area (Å²) in [5.74, 6) is -0.468. The highest BCUT2D eigenvalue weighted by atomic mass is 79.9. The van der Waals surface area contributed by atoms with Gasteiger partial charge in [-0.25, -0.2) is 13.9 Å². The van der Waals surface area contributed by atoms with Gasteiger partial charge < -0.3 is 5.11 Å². The largest absolute Gasteiger partial charge is 0.493 e. The van der Waals surface area contributed by atoms with Gasteiger partial charge in [-0.05, 0) is 48.5 Å². The average molecular weight is 462 g/mol. The van der Waals surface area contributed by atoms with Crippen molar-refractivity contribution in [3.05, 3.63) is 116 Å². The fraction of sp³-hybridized carbons (Fsp3) is 0. The molecule has 0 fully saturated rings. The van der Waals surface area contributed by atoms with Gasteiger partial charge >= 0.3 is 5.69 Å². The molecule has 0 aliphatic rings. The van der Waals surface area contributed by atoms with E-state index in [0.29, 0.717) is 17.1 Å². The Morgan fingerprint density at radius 2 is 1.30 bits per heavy atom. The van der Waals surface area contributed by atoms with E-state index in [-0.39, 0.29) is 5.56 Å². The van der Waals surface area contributed by atoms with Crippen molar-refractivity contribution < 1.29 is 5.11 Å². The van der Waals surface area contributed by atoms with Crippen molar-refractivity contribution in [3.8, 4) is 17.3 Å². The van der Waals surface area contributed by atoms with Crippen LogP contribution >= 0.6 is 15.9 Å². The average Bonchev–Trinajstić information content (AvgIpc) is 2.76. The van der Waals surface area contributed by atoms with E-state index in [1.165, 1.54) is 6.21 Å². The molecule has 4 aromatic rings. The molecule has 7 heteroatoms. The first-order valence-electron chi connectivity index (χ1n) is 9.08. The van der Waals surface area contributed by atoms with Crippen molar-refractivity contribution in [3.63, 3.8) is 0 Å². The Labute approximate surface area is 180 Å². The van der Waals surface area contributed by atoms with Gasteiger partial charge in [0.25, 0.3) is 5.56 Å². The Balaban J connectivity index is 1.99. The van der Waals surface area contributed by atoms with E-state index in [1.54, 1.807) is 72.8 Å². The molecule has 0 spiro atoms. The van der Waals surface area contributed by atoms with E-state index < -0.39 is 17.1 Å². The van der Waals surface area contributed by atoms with Crippen LogP contribution in [0.1, 0.15) is 5.56 Å². The number of para-hydroxylation sites is 2. The standard InChI is InChI=1S/C23H16BrN3O3/c24-16-11-13-17(14-12-16)25-15-20-21(28)26(18-7-3-1-4-8-18)23(30)27(22(20)29)19-9-5-2-6-10-19/h1-15,28H. The van der Waals surface area contributed by atoms with Crippen LogP contribution in [0.4, 0.5) is 5.69 Å². The lowest BCUT2D eigenvalue weighted by Crippen LogP contribution is -2.40. The van der Waals surface area contributed by atoms with Crippen LogP contribution in [0.2, 0.25) is 0 Å². The molecule has 0 atom stereocenters. The molecule has 4 rings (SSSR count). The van der Waals surface area contributed by atoms with Crippen molar-refractivity contribution in [2.24, 2.45) is 4.99 Å². The summed E-state index contributed by atoms with van der Waals surface area (Å²) in [5, 5.41) is 10.8. The van der Waals surface area contributed by atoms with Crippen LogP contribution < -0.4 is 11.2 Å². The number of hydrogen-bond acceptors (Lipinski definition) is 4. The SMILES string of the molecule is O=c1c(C=Nc2ccc(Br)cc2)c(O)n(-c2ccccc2)c(=O)n1-c1ccccc1. The van der Waals surface area contributed by atoms with Crippen LogP contribution in [-0.2, 0) is 0 Å². The number of benzene rings is 3. The fourth-order valence-corrected chi connectivity index (χ4v) is 3.27. The maximum absolute atomic E-state index is 13.2. The topological polar surface area (TPSA) is 76.6 Å². The van der Waals surface area contributed by atoms with Gasteiger partial charge in [0.05, 0.1) is 17.1 Å². The van der Waals surface area contributed by atoms with Gasteiger partial charge in [-0.3, -0.25) is 9.79 Å². The van der Waals surface area contributed by atoms with Crippen molar-refractivity contribution in [2.45, 2.75) is 0 Å². The third-order valence-electron chi connectivity index (χ3n) is 4.47. The van der Waals surface area contributed by atoms with Gasteiger partial charge in [-0.1, -0.05) is 52.3 Å². The zero-order chi connectivity index (χ0) is 21.1. The molecule has 3 aromatic carbocycles. The molecule has 148 valence electrons. The third-order valence-corrected chi connectivity index (χ3v) is 5.00. The number of aromatic nitrogens is 2. The molecular formula is C23H16BrN3O3. The maximum atomic E-state index is 13.2. The van der Waals surface area contributed by atoms with Gasteiger partial charge in [0.2, 0.25) is 5.88 Å². The number of rotatable bonds is 4. The summed E-state index contributed by atoms with van der Waals surface area (Å²) in [4.78, 5) is 30.7. The molecule has 0 bridgehead atoms. The zero-order valence-electron chi connectivity index (χ0n) is 15.6. The summed E-state index contributed by atoms with van der Waals surface area (Å²) in [5.41, 5.74) is 0.0110. The molecule has 0 aliphatic carbocycles. The number of aliphatic imine (C=N–C) groups is 1. The normalized spacial score (nSPS) is 11.1. The predicted octanol–water partition coefficient (Wildman–Crippen LogP) is 4.21. The van der Waals surface area contributed by atoms with Crippen LogP contribution in [0.3, 0.4) is 0 Å². The summed E-state index contributed by atoms with van der Waals surface area (Å²) >= 11 is 3.36. The Kier molecular flexibility index (Phi) is 5.45. The minimum atomic E-state index is -0.671. The first kappa shape index (κ1) is 19.6. The Morgan fingerprint density at radius 3 is 1.87 bits per heavy atom. The van der Waals surface area contributed by atoms with Crippen molar-refractivity contribution >= 4 is 27.8 Å². The van der Waals surface area contributed by atoms with Crippen LogP contribution in [-0.4, -0.2) is 20.5 Å². The molecule has 0 radical (unpaired) electrons. The Bertz CT molecular complexity index is 1330. The minimum Gasteiger partial charge on any atom is -0.493 e. The molecule has 0 unspecified atom stereocenters. The van der Waals surface area contributed by atoms with Gasteiger partial charge in [0, 0.05) is 10.7 Å². The highest BCUT2D eigenvalue weighted by Gasteiger charge is 2.19. The molecule has 0 amide bonds. The fourth-order valence-electron chi connectivity index (χ4n) is 3.01. The quantitative estimate of drug-likeness (QED) is 0.462. The summed E-state index contributed by atoms with van der Waals surface area (Å²) < 4.78 is 3.01. The van der Waals surface area contributed by atoms with Crippen molar-refractivity contribution in [2.75, 3.05) is 0 Å². The van der Waals surface area contributed by atoms with E-state index in [9.17, 15) is 14.7 Å². The molecule has 30 heavy (non-hydrogen) atoms. The van der Waals surface area contributed by atoms with Crippen molar-refractivity contribution in [1.29, 1.82) is 0 Å². The van der Waals surface area contributed by atoms with E-state index in [0.717, 1.165) is 13.6 Å². The highest BCUT2D eigenvalue weighted by Crippen LogP contribution is 2.19. The van der Waals surface area contributed by atoms with E-state index in [4.69, 9.17) is 0 Å². The molecule has 0 saturated carbocycles. The zero-order valence-corrected chi connectivity index (χ0v) is 17.2. The number of aromatic hydroxyl groups is 1. The molecule has 0 aliphatic heterocycles. The van der Waals surface area contributed by atoms with E-state index in [1.807, 2.05) is 12.1 Å². The number of hydrogen-bond donors (Lipinski definition) is 1. The van der Waals surface area contributed by atoms with Crippen molar-refractivity contribution in [1.82, 2.24) is 9.13 Å². The molecule has 1 N–H and O–H groups in total. The molecule has 1 aromatic heterocycles. The molecular weight excluding hydrogens is 446 g/mol.